The minimum absolute atomic E-state index is 0.769. The van der Waals surface area contributed by atoms with Gasteiger partial charge in [-0.15, -0.1) is 0 Å². The summed E-state index contributed by atoms with van der Waals surface area (Å²) in [4.78, 5) is 2.33. The van der Waals surface area contributed by atoms with Gasteiger partial charge >= 0.3 is 0 Å². The highest BCUT2D eigenvalue weighted by atomic mass is 15.1. The van der Waals surface area contributed by atoms with Gasteiger partial charge in [-0.3, -0.25) is 0 Å². The highest BCUT2D eigenvalue weighted by Gasteiger charge is 2.13. The summed E-state index contributed by atoms with van der Waals surface area (Å²) in [6, 6.07) is 0.769. The van der Waals surface area contributed by atoms with Crippen molar-refractivity contribution in [3.8, 4) is 0 Å². The maximum absolute atomic E-state index is 2.33. The molecule has 0 saturated heterocycles. The predicted molar refractivity (Wildman–Crippen MR) is 47.2 cm³/mol. The second-order valence-electron chi connectivity index (χ2n) is 3.56. The molecule has 0 saturated carbocycles. The van der Waals surface area contributed by atoms with Crippen LogP contribution in [0.15, 0.2) is 0 Å². The number of rotatable bonds is 4. The average Bonchev–Trinajstić information content (AvgIpc) is 1.81. The zero-order valence-corrected chi connectivity index (χ0v) is 8.02. The Balaban J connectivity index is 3.73. The van der Waals surface area contributed by atoms with E-state index in [9.17, 15) is 0 Å². The molecular formula is C9H21N. The highest BCUT2D eigenvalue weighted by molar-refractivity contribution is 4.68. The van der Waals surface area contributed by atoms with Crippen molar-refractivity contribution in [1.29, 1.82) is 0 Å². The van der Waals surface area contributed by atoms with Crippen LogP contribution in [0.5, 0.6) is 0 Å². The molecule has 1 atom stereocenters. The van der Waals surface area contributed by atoms with Crippen molar-refractivity contribution < 1.29 is 0 Å². The first-order chi connectivity index (χ1) is 4.59. The summed E-state index contributed by atoms with van der Waals surface area (Å²) in [7, 11) is 4.33. The second kappa shape index (κ2) is 4.73. The molecule has 0 radical (unpaired) electrons. The van der Waals surface area contributed by atoms with Crippen LogP contribution < -0.4 is 0 Å². The lowest BCUT2D eigenvalue weighted by Crippen LogP contribution is -2.32. The first-order valence-electron chi connectivity index (χ1n) is 4.26. The van der Waals surface area contributed by atoms with E-state index in [4.69, 9.17) is 0 Å². The Kier molecular flexibility index (Phi) is 4.71. The Bertz CT molecular complexity index is 68.8. The Morgan fingerprint density at radius 1 is 1.20 bits per heavy atom. The van der Waals surface area contributed by atoms with Gasteiger partial charge in [-0.25, -0.2) is 0 Å². The number of nitrogens with zero attached hydrogens (tertiary/aromatic N) is 1. The lowest BCUT2D eigenvalue weighted by atomic mass is 9.99. The second-order valence-corrected chi connectivity index (χ2v) is 3.56. The van der Waals surface area contributed by atoms with Crippen molar-refractivity contribution >= 4 is 0 Å². The maximum Gasteiger partial charge on any atom is 0.0112 e. The molecule has 0 aromatic heterocycles. The minimum atomic E-state index is 0.769. The van der Waals surface area contributed by atoms with E-state index in [-0.39, 0.29) is 0 Å². The van der Waals surface area contributed by atoms with E-state index in [1.165, 1.54) is 12.8 Å². The summed E-state index contributed by atoms with van der Waals surface area (Å²) in [5, 5.41) is 0. The van der Waals surface area contributed by atoms with E-state index >= 15 is 0 Å². The third-order valence-corrected chi connectivity index (χ3v) is 2.02. The predicted octanol–water partition coefficient (Wildman–Crippen LogP) is 2.37. The molecule has 0 aromatic rings. The summed E-state index contributed by atoms with van der Waals surface area (Å²) < 4.78 is 0. The Hall–Kier alpha value is -0.0400. The van der Waals surface area contributed by atoms with Crippen molar-refractivity contribution in [2.45, 2.75) is 39.7 Å². The van der Waals surface area contributed by atoms with Crippen LogP contribution in [0, 0.1) is 5.92 Å². The molecule has 0 bridgehead atoms. The molecular weight excluding hydrogens is 122 g/mol. The van der Waals surface area contributed by atoms with Crippen molar-refractivity contribution in [1.82, 2.24) is 4.90 Å². The zero-order chi connectivity index (χ0) is 8.15. The van der Waals surface area contributed by atoms with Crippen molar-refractivity contribution in [3.05, 3.63) is 0 Å². The molecule has 0 aliphatic rings. The molecule has 0 spiro atoms. The first kappa shape index (κ1) is 9.96. The lowest BCUT2D eigenvalue weighted by molar-refractivity contribution is 0.217. The lowest BCUT2D eigenvalue weighted by Gasteiger charge is -2.27. The topological polar surface area (TPSA) is 3.24 Å². The summed E-state index contributed by atoms with van der Waals surface area (Å²) in [6.07, 6.45) is 2.62. The van der Waals surface area contributed by atoms with Crippen LogP contribution in [0.4, 0.5) is 0 Å². The standard InChI is InChI=1S/C9H21N/c1-6-7-9(8(2)3)10(4)5/h8-9H,6-7H2,1-5H3. The van der Waals surface area contributed by atoms with E-state index in [2.05, 4.69) is 39.8 Å². The largest absolute Gasteiger partial charge is 0.306 e. The number of hydrogen-bond donors (Lipinski definition) is 0. The highest BCUT2D eigenvalue weighted by Crippen LogP contribution is 2.12. The number of hydrogen-bond acceptors (Lipinski definition) is 1. The average molecular weight is 143 g/mol. The first-order valence-corrected chi connectivity index (χ1v) is 4.26. The quantitative estimate of drug-likeness (QED) is 0.584. The van der Waals surface area contributed by atoms with Gasteiger partial charge in [-0.05, 0) is 26.4 Å². The normalized spacial score (nSPS) is 14.7. The van der Waals surface area contributed by atoms with Gasteiger partial charge < -0.3 is 4.90 Å². The van der Waals surface area contributed by atoms with Gasteiger partial charge in [0.05, 0.1) is 0 Å². The summed E-state index contributed by atoms with van der Waals surface area (Å²) in [5.74, 6) is 0.787. The smallest absolute Gasteiger partial charge is 0.0112 e. The molecule has 0 amide bonds. The van der Waals surface area contributed by atoms with Crippen LogP contribution in [0.25, 0.3) is 0 Å². The third kappa shape index (κ3) is 3.21. The molecule has 0 aromatic carbocycles. The van der Waals surface area contributed by atoms with E-state index in [1.54, 1.807) is 0 Å². The minimum Gasteiger partial charge on any atom is -0.306 e. The van der Waals surface area contributed by atoms with Crippen LogP contribution in [0.3, 0.4) is 0 Å². The van der Waals surface area contributed by atoms with Crippen LogP contribution in [0.2, 0.25) is 0 Å². The van der Waals surface area contributed by atoms with E-state index in [1.807, 2.05) is 0 Å². The van der Waals surface area contributed by atoms with Gasteiger partial charge in [0.25, 0.3) is 0 Å². The summed E-state index contributed by atoms with van der Waals surface area (Å²) in [6.45, 7) is 6.83. The zero-order valence-electron chi connectivity index (χ0n) is 8.02. The van der Waals surface area contributed by atoms with Gasteiger partial charge in [0.2, 0.25) is 0 Å². The monoisotopic (exact) mass is 143 g/mol. The summed E-state index contributed by atoms with van der Waals surface area (Å²) in [5.41, 5.74) is 0. The van der Waals surface area contributed by atoms with E-state index in [0.29, 0.717) is 0 Å². The molecule has 62 valence electrons. The Morgan fingerprint density at radius 2 is 1.70 bits per heavy atom. The van der Waals surface area contributed by atoms with Gasteiger partial charge in [0.1, 0.15) is 0 Å². The molecule has 1 heteroatoms. The van der Waals surface area contributed by atoms with Gasteiger partial charge in [-0.1, -0.05) is 27.2 Å². The maximum atomic E-state index is 2.33. The fraction of sp³-hybridized carbons (Fsp3) is 1.00. The van der Waals surface area contributed by atoms with Gasteiger partial charge in [0, 0.05) is 6.04 Å². The molecule has 0 N–H and O–H groups in total. The Morgan fingerprint density at radius 3 is 1.80 bits per heavy atom. The van der Waals surface area contributed by atoms with Crippen LogP contribution in [0.1, 0.15) is 33.6 Å². The van der Waals surface area contributed by atoms with Crippen molar-refractivity contribution in [2.75, 3.05) is 14.1 Å². The van der Waals surface area contributed by atoms with E-state index < -0.39 is 0 Å². The molecule has 1 unspecified atom stereocenters. The molecule has 0 aliphatic heterocycles. The SMILES string of the molecule is CCCC(C(C)C)N(C)C. The van der Waals surface area contributed by atoms with E-state index in [0.717, 1.165) is 12.0 Å². The van der Waals surface area contributed by atoms with Crippen LogP contribution in [-0.2, 0) is 0 Å². The van der Waals surface area contributed by atoms with Crippen molar-refractivity contribution in [3.63, 3.8) is 0 Å². The van der Waals surface area contributed by atoms with Gasteiger partial charge in [0.15, 0.2) is 0 Å². The Labute approximate surface area is 65.4 Å². The van der Waals surface area contributed by atoms with Gasteiger partial charge in [-0.2, -0.15) is 0 Å². The molecule has 1 nitrogen and oxygen atoms in total. The summed E-state index contributed by atoms with van der Waals surface area (Å²) >= 11 is 0. The fourth-order valence-electron chi connectivity index (χ4n) is 1.48. The molecule has 0 rings (SSSR count). The van der Waals surface area contributed by atoms with Crippen LogP contribution in [-0.4, -0.2) is 25.0 Å². The van der Waals surface area contributed by atoms with Crippen molar-refractivity contribution in [2.24, 2.45) is 5.92 Å². The molecule has 0 fully saturated rings. The molecule has 0 aliphatic carbocycles. The third-order valence-electron chi connectivity index (χ3n) is 2.02. The molecule has 10 heavy (non-hydrogen) atoms. The van der Waals surface area contributed by atoms with Crippen LogP contribution >= 0.6 is 0 Å². The fourth-order valence-corrected chi connectivity index (χ4v) is 1.48. The molecule has 0 heterocycles.